The molecule has 0 radical (unpaired) electrons. The Labute approximate surface area is 128 Å². The van der Waals surface area contributed by atoms with Crippen LogP contribution < -0.4 is 5.32 Å². The molecule has 5 heteroatoms. The minimum Gasteiger partial charge on any atom is -0.465 e. The summed E-state index contributed by atoms with van der Waals surface area (Å²) in [5.74, 6) is 0.106. The number of amides is 1. The lowest BCUT2D eigenvalue weighted by Crippen LogP contribution is -2.53. The van der Waals surface area contributed by atoms with Crippen molar-refractivity contribution >= 4 is 11.9 Å². The van der Waals surface area contributed by atoms with E-state index < -0.39 is 0 Å². The van der Waals surface area contributed by atoms with Crippen LogP contribution in [-0.2, 0) is 14.3 Å². The molecule has 0 aromatic carbocycles. The van der Waals surface area contributed by atoms with Gasteiger partial charge in [-0.25, -0.2) is 0 Å². The van der Waals surface area contributed by atoms with Gasteiger partial charge in [0.1, 0.15) is 6.54 Å². The Kier molecular flexibility index (Phi) is 7.15. The van der Waals surface area contributed by atoms with Crippen LogP contribution in [0.3, 0.4) is 0 Å². The first kappa shape index (κ1) is 18.0. The SMILES string of the molecule is CCOC(=O)CN(CC(C)C)C(=O)C1(CC)CCCNC1. The van der Waals surface area contributed by atoms with Crippen molar-refractivity contribution in [2.45, 2.75) is 47.0 Å². The average molecular weight is 298 g/mol. The van der Waals surface area contributed by atoms with E-state index >= 15 is 0 Å². The van der Waals surface area contributed by atoms with Crippen molar-refractivity contribution in [1.29, 1.82) is 0 Å². The summed E-state index contributed by atoms with van der Waals surface area (Å²) in [5, 5.41) is 3.33. The Balaban J connectivity index is 2.84. The van der Waals surface area contributed by atoms with Crippen LogP contribution in [0.2, 0.25) is 0 Å². The fourth-order valence-corrected chi connectivity index (χ4v) is 2.96. The summed E-state index contributed by atoms with van der Waals surface area (Å²) in [4.78, 5) is 26.5. The highest BCUT2D eigenvalue weighted by Gasteiger charge is 2.41. The number of carbonyl (C=O) groups excluding carboxylic acids is 2. The van der Waals surface area contributed by atoms with E-state index in [-0.39, 0.29) is 23.8 Å². The van der Waals surface area contributed by atoms with Crippen LogP contribution in [0.4, 0.5) is 0 Å². The van der Waals surface area contributed by atoms with E-state index in [0.717, 1.165) is 25.8 Å². The van der Waals surface area contributed by atoms with Gasteiger partial charge in [0.25, 0.3) is 0 Å². The zero-order chi connectivity index (χ0) is 15.9. The molecular formula is C16H30N2O3. The third-order valence-corrected chi connectivity index (χ3v) is 4.10. The van der Waals surface area contributed by atoms with Gasteiger partial charge in [-0.1, -0.05) is 20.8 Å². The summed E-state index contributed by atoms with van der Waals surface area (Å²) in [5.41, 5.74) is -0.361. The summed E-state index contributed by atoms with van der Waals surface area (Å²) >= 11 is 0. The van der Waals surface area contributed by atoms with Crippen molar-refractivity contribution in [3.05, 3.63) is 0 Å². The van der Waals surface area contributed by atoms with E-state index in [9.17, 15) is 9.59 Å². The first-order chi connectivity index (χ1) is 9.95. The summed E-state index contributed by atoms with van der Waals surface area (Å²) in [6.45, 7) is 10.6. The van der Waals surface area contributed by atoms with Crippen LogP contribution in [0, 0.1) is 11.3 Å². The topological polar surface area (TPSA) is 58.6 Å². The smallest absolute Gasteiger partial charge is 0.325 e. The Hall–Kier alpha value is -1.10. The van der Waals surface area contributed by atoms with Gasteiger partial charge in [-0.2, -0.15) is 0 Å². The summed E-state index contributed by atoms with van der Waals surface area (Å²) in [6, 6.07) is 0. The summed E-state index contributed by atoms with van der Waals surface area (Å²) in [6.07, 6.45) is 2.71. The Morgan fingerprint density at radius 2 is 2.05 bits per heavy atom. The number of nitrogens with one attached hydrogen (secondary N) is 1. The number of nitrogens with zero attached hydrogens (tertiary/aromatic N) is 1. The lowest BCUT2D eigenvalue weighted by Gasteiger charge is -2.39. The number of piperidine rings is 1. The number of carbonyl (C=O) groups is 2. The van der Waals surface area contributed by atoms with Gasteiger partial charge in [0, 0.05) is 13.1 Å². The highest BCUT2D eigenvalue weighted by molar-refractivity contribution is 5.86. The van der Waals surface area contributed by atoms with Gasteiger partial charge in [-0.05, 0) is 38.6 Å². The van der Waals surface area contributed by atoms with Crippen LogP contribution in [0.5, 0.6) is 0 Å². The largest absolute Gasteiger partial charge is 0.465 e. The van der Waals surface area contributed by atoms with Gasteiger partial charge in [0.05, 0.1) is 12.0 Å². The van der Waals surface area contributed by atoms with Crippen LogP contribution in [-0.4, -0.2) is 49.6 Å². The molecular weight excluding hydrogens is 268 g/mol. The van der Waals surface area contributed by atoms with Crippen molar-refractivity contribution in [3.8, 4) is 0 Å². The average Bonchev–Trinajstić information content (AvgIpc) is 2.46. The predicted octanol–water partition coefficient (Wildman–Crippen LogP) is 1.81. The molecule has 0 spiro atoms. The zero-order valence-electron chi connectivity index (χ0n) is 13.9. The number of rotatable bonds is 7. The molecule has 5 nitrogen and oxygen atoms in total. The molecule has 0 aliphatic carbocycles. The molecule has 1 fully saturated rings. The minimum atomic E-state index is -0.361. The molecule has 0 aromatic rings. The first-order valence-electron chi connectivity index (χ1n) is 8.11. The lowest BCUT2D eigenvalue weighted by molar-refractivity contribution is -0.154. The van der Waals surface area contributed by atoms with Gasteiger partial charge < -0.3 is 15.0 Å². The van der Waals surface area contributed by atoms with Gasteiger partial charge in [0.2, 0.25) is 5.91 Å². The molecule has 1 N–H and O–H groups in total. The van der Waals surface area contributed by atoms with Gasteiger partial charge in [-0.15, -0.1) is 0 Å². The summed E-state index contributed by atoms with van der Waals surface area (Å²) < 4.78 is 5.01. The summed E-state index contributed by atoms with van der Waals surface area (Å²) in [7, 11) is 0. The standard InChI is InChI=1S/C16H30N2O3/c1-5-16(8-7-9-17-12-16)15(20)18(10-13(3)4)11-14(19)21-6-2/h13,17H,5-12H2,1-4H3. The molecule has 21 heavy (non-hydrogen) atoms. The van der Waals surface area contributed by atoms with E-state index in [4.69, 9.17) is 4.74 Å². The molecule has 0 bridgehead atoms. The van der Waals surface area contributed by atoms with E-state index in [1.165, 1.54) is 0 Å². The van der Waals surface area contributed by atoms with Crippen molar-refractivity contribution < 1.29 is 14.3 Å². The van der Waals surface area contributed by atoms with Crippen LogP contribution >= 0.6 is 0 Å². The third kappa shape index (κ3) is 4.99. The van der Waals surface area contributed by atoms with Gasteiger partial charge >= 0.3 is 5.97 Å². The van der Waals surface area contributed by atoms with E-state index in [1.807, 2.05) is 0 Å². The van der Waals surface area contributed by atoms with Crippen LogP contribution in [0.25, 0.3) is 0 Å². The van der Waals surface area contributed by atoms with Crippen molar-refractivity contribution in [3.63, 3.8) is 0 Å². The fraction of sp³-hybridized carbons (Fsp3) is 0.875. The maximum absolute atomic E-state index is 13.0. The first-order valence-corrected chi connectivity index (χ1v) is 8.11. The maximum atomic E-state index is 13.0. The van der Waals surface area contributed by atoms with E-state index in [2.05, 4.69) is 26.1 Å². The Bertz CT molecular complexity index is 349. The van der Waals surface area contributed by atoms with Gasteiger partial charge in [0.15, 0.2) is 0 Å². The highest BCUT2D eigenvalue weighted by atomic mass is 16.5. The van der Waals surface area contributed by atoms with Crippen LogP contribution in [0.1, 0.15) is 47.0 Å². The number of hydrogen-bond donors (Lipinski definition) is 1. The number of esters is 1. The molecule has 1 amide bonds. The number of ether oxygens (including phenoxy) is 1. The normalized spacial score (nSPS) is 22.1. The zero-order valence-corrected chi connectivity index (χ0v) is 13.9. The predicted molar refractivity (Wildman–Crippen MR) is 82.9 cm³/mol. The van der Waals surface area contributed by atoms with Crippen molar-refractivity contribution in [2.24, 2.45) is 11.3 Å². The third-order valence-electron chi connectivity index (χ3n) is 4.10. The van der Waals surface area contributed by atoms with E-state index in [1.54, 1.807) is 11.8 Å². The maximum Gasteiger partial charge on any atom is 0.325 e. The molecule has 1 atom stereocenters. The fourth-order valence-electron chi connectivity index (χ4n) is 2.96. The molecule has 0 saturated carbocycles. The number of hydrogen-bond acceptors (Lipinski definition) is 4. The monoisotopic (exact) mass is 298 g/mol. The lowest BCUT2D eigenvalue weighted by atomic mass is 9.77. The molecule has 1 saturated heterocycles. The molecule has 1 unspecified atom stereocenters. The molecule has 1 aliphatic rings. The quantitative estimate of drug-likeness (QED) is 0.728. The van der Waals surface area contributed by atoms with Crippen molar-refractivity contribution in [2.75, 3.05) is 32.8 Å². The molecule has 122 valence electrons. The molecule has 1 heterocycles. The van der Waals surface area contributed by atoms with Crippen molar-refractivity contribution in [1.82, 2.24) is 10.2 Å². The van der Waals surface area contributed by atoms with Gasteiger partial charge in [-0.3, -0.25) is 9.59 Å². The Morgan fingerprint density at radius 1 is 1.33 bits per heavy atom. The second-order valence-electron chi connectivity index (χ2n) is 6.30. The molecule has 0 aromatic heterocycles. The van der Waals surface area contributed by atoms with Crippen LogP contribution in [0.15, 0.2) is 0 Å². The second kappa shape index (κ2) is 8.37. The second-order valence-corrected chi connectivity index (χ2v) is 6.30. The van der Waals surface area contributed by atoms with E-state index in [0.29, 0.717) is 25.6 Å². The highest BCUT2D eigenvalue weighted by Crippen LogP contribution is 2.32. The molecule has 1 rings (SSSR count). The Morgan fingerprint density at radius 3 is 2.52 bits per heavy atom. The molecule has 1 aliphatic heterocycles. The minimum absolute atomic E-state index is 0.0621.